The smallest absolute Gasteiger partial charge is 0.0361 e. The Hall–Kier alpha value is -2.31. The molecule has 0 bridgehead atoms. The number of hydrogen-bond acceptors (Lipinski definition) is 3. The van der Waals surface area contributed by atoms with E-state index in [0.29, 0.717) is 0 Å². The molecular weight excluding hydrogens is 348 g/mol. The third-order valence-corrected chi connectivity index (χ3v) is 5.07. The molecule has 0 heterocycles. The van der Waals surface area contributed by atoms with Crippen molar-refractivity contribution in [2.75, 3.05) is 38.0 Å². The first-order valence-corrected chi connectivity index (χ1v) is 9.93. The van der Waals surface area contributed by atoms with Gasteiger partial charge in [-0.25, -0.2) is 0 Å². The van der Waals surface area contributed by atoms with Crippen molar-refractivity contribution >= 4 is 28.0 Å². The highest BCUT2D eigenvalue weighted by Gasteiger charge is 2.15. The minimum atomic E-state index is 0.126. The second-order valence-corrected chi connectivity index (χ2v) is 9.74. The van der Waals surface area contributed by atoms with Crippen molar-refractivity contribution in [1.29, 1.82) is 0 Å². The standard InChI is InChI=1S/C24H30N2S/c1-24(2,3)27-23(20-13-17-22(18-14-20)26(6)7)10-8-9-19-11-15-21(16-12-19)25(4)5/h10-18H,1-7H3/b23-10-. The summed E-state index contributed by atoms with van der Waals surface area (Å²) in [5.74, 6) is 6.51. The van der Waals surface area contributed by atoms with Crippen molar-refractivity contribution < 1.29 is 0 Å². The van der Waals surface area contributed by atoms with Crippen LogP contribution in [-0.2, 0) is 0 Å². The van der Waals surface area contributed by atoms with Crippen LogP contribution < -0.4 is 9.80 Å². The van der Waals surface area contributed by atoms with Gasteiger partial charge in [-0.2, -0.15) is 0 Å². The summed E-state index contributed by atoms with van der Waals surface area (Å²) in [4.78, 5) is 5.40. The van der Waals surface area contributed by atoms with Gasteiger partial charge in [0.1, 0.15) is 0 Å². The van der Waals surface area contributed by atoms with Gasteiger partial charge in [-0.15, -0.1) is 11.8 Å². The summed E-state index contributed by atoms with van der Waals surface area (Å²) >= 11 is 1.85. The first kappa shape index (κ1) is 21.0. The van der Waals surface area contributed by atoms with E-state index in [0.717, 1.165) is 5.56 Å². The molecule has 0 atom stereocenters. The second kappa shape index (κ2) is 9.06. The minimum Gasteiger partial charge on any atom is -0.378 e. The molecule has 2 nitrogen and oxygen atoms in total. The van der Waals surface area contributed by atoms with Gasteiger partial charge in [0.2, 0.25) is 0 Å². The molecule has 142 valence electrons. The van der Waals surface area contributed by atoms with E-state index in [9.17, 15) is 0 Å². The van der Waals surface area contributed by atoms with Crippen LogP contribution in [0.3, 0.4) is 0 Å². The van der Waals surface area contributed by atoms with Crippen LogP contribution >= 0.6 is 11.8 Å². The van der Waals surface area contributed by atoms with Crippen molar-refractivity contribution in [3.8, 4) is 11.8 Å². The van der Waals surface area contributed by atoms with Gasteiger partial charge in [0, 0.05) is 60.9 Å². The summed E-state index contributed by atoms with van der Waals surface area (Å²) in [6.45, 7) is 6.69. The molecule has 27 heavy (non-hydrogen) atoms. The fourth-order valence-corrected chi connectivity index (χ4v) is 3.48. The largest absolute Gasteiger partial charge is 0.378 e. The van der Waals surface area contributed by atoms with Crippen LogP contribution in [0, 0.1) is 11.8 Å². The van der Waals surface area contributed by atoms with Gasteiger partial charge < -0.3 is 9.80 Å². The monoisotopic (exact) mass is 378 g/mol. The second-order valence-electron chi connectivity index (χ2n) is 7.87. The Bertz CT molecular complexity index is 827. The zero-order chi connectivity index (χ0) is 20.0. The third kappa shape index (κ3) is 6.73. The highest BCUT2D eigenvalue weighted by Crippen LogP contribution is 2.37. The molecule has 0 fully saturated rings. The Balaban J connectivity index is 2.28. The van der Waals surface area contributed by atoms with Crippen molar-refractivity contribution in [2.45, 2.75) is 25.5 Å². The maximum absolute atomic E-state index is 3.26. The van der Waals surface area contributed by atoms with E-state index in [1.54, 1.807) is 0 Å². The fourth-order valence-electron chi connectivity index (χ4n) is 2.45. The van der Waals surface area contributed by atoms with Crippen molar-refractivity contribution in [3.05, 3.63) is 65.7 Å². The van der Waals surface area contributed by atoms with E-state index in [1.807, 2.05) is 31.9 Å². The number of allylic oxidation sites excluding steroid dienone is 1. The highest BCUT2D eigenvalue weighted by molar-refractivity contribution is 8.09. The van der Waals surface area contributed by atoms with E-state index >= 15 is 0 Å². The summed E-state index contributed by atoms with van der Waals surface area (Å²) in [7, 11) is 8.20. The number of nitrogens with zero attached hydrogens (tertiary/aromatic N) is 2. The quantitative estimate of drug-likeness (QED) is 0.626. The molecule has 0 aliphatic rings. The molecule has 2 rings (SSSR count). The van der Waals surface area contributed by atoms with Crippen molar-refractivity contribution in [3.63, 3.8) is 0 Å². The SMILES string of the molecule is CN(C)c1ccc(C#C/C=C(\SC(C)(C)C)c2ccc(N(C)C)cc2)cc1. The maximum Gasteiger partial charge on any atom is 0.0361 e. The van der Waals surface area contributed by atoms with E-state index in [4.69, 9.17) is 0 Å². The van der Waals surface area contributed by atoms with Gasteiger partial charge in [0.15, 0.2) is 0 Å². The average molecular weight is 379 g/mol. The first-order valence-electron chi connectivity index (χ1n) is 9.11. The third-order valence-electron chi connectivity index (χ3n) is 3.89. The summed E-state index contributed by atoms with van der Waals surface area (Å²) in [6, 6.07) is 17.0. The van der Waals surface area contributed by atoms with Crippen molar-refractivity contribution in [1.82, 2.24) is 0 Å². The highest BCUT2D eigenvalue weighted by atomic mass is 32.2. The average Bonchev–Trinajstić information content (AvgIpc) is 2.60. The zero-order valence-electron chi connectivity index (χ0n) is 17.5. The molecule has 0 saturated carbocycles. The van der Waals surface area contributed by atoms with Gasteiger partial charge >= 0.3 is 0 Å². The molecule has 0 saturated heterocycles. The molecule has 0 aliphatic carbocycles. The number of rotatable bonds is 4. The lowest BCUT2D eigenvalue weighted by molar-refractivity contribution is 0.808. The molecule has 2 aromatic carbocycles. The van der Waals surface area contributed by atoms with E-state index in [1.165, 1.54) is 21.8 Å². The summed E-state index contributed by atoms with van der Waals surface area (Å²) in [6.07, 6.45) is 2.04. The van der Waals surface area contributed by atoms with Crippen LogP contribution in [0.1, 0.15) is 31.9 Å². The summed E-state index contributed by atoms with van der Waals surface area (Å²) in [5.41, 5.74) is 4.62. The van der Waals surface area contributed by atoms with E-state index in [2.05, 4.69) is 105 Å². The molecular formula is C24H30N2S. The molecule has 0 amide bonds. The van der Waals surface area contributed by atoms with Crippen LogP contribution in [0.25, 0.3) is 4.91 Å². The Morgan fingerprint density at radius 3 is 1.74 bits per heavy atom. The van der Waals surface area contributed by atoms with Gasteiger partial charge in [-0.3, -0.25) is 0 Å². The molecule has 0 spiro atoms. The number of thioether (sulfide) groups is 1. The van der Waals surface area contributed by atoms with E-state index in [-0.39, 0.29) is 4.75 Å². The predicted molar refractivity (Wildman–Crippen MR) is 124 cm³/mol. The molecule has 0 unspecified atom stereocenters. The number of anilines is 2. The Kier molecular flexibility index (Phi) is 7.05. The molecule has 0 aromatic heterocycles. The lowest BCUT2D eigenvalue weighted by atomic mass is 10.1. The Morgan fingerprint density at radius 2 is 1.30 bits per heavy atom. The molecule has 0 aliphatic heterocycles. The molecule has 0 N–H and O–H groups in total. The zero-order valence-corrected chi connectivity index (χ0v) is 18.3. The normalized spacial score (nSPS) is 11.6. The fraction of sp³-hybridized carbons (Fsp3) is 0.333. The Morgan fingerprint density at radius 1 is 0.815 bits per heavy atom. The van der Waals surface area contributed by atoms with Gasteiger partial charge in [-0.1, -0.05) is 44.7 Å². The van der Waals surface area contributed by atoms with Gasteiger partial charge in [-0.05, 0) is 42.0 Å². The molecule has 2 aromatic rings. The van der Waals surface area contributed by atoms with Crippen LogP contribution in [-0.4, -0.2) is 32.9 Å². The van der Waals surface area contributed by atoms with Crippen molar-refractivity contribution in [2.24, 2.45) is 0 Å². The van der Waals surface area contributed by atoms with Gasteiger partial charge in [0.25, 0.3) is 0 Å². The van der Waals surface area contributed by atoms with Crippen LogP contribution in [0.5, 0.6) is 0 Å². The topological polar surface area (TPSA) is 6.48 Å². The molecule has 0 radical (unpaired) electrons. The van der Waals surface area contributed by atoms with E-state index < -0.39 is 0 Å². The lowest BCUT2D eigenvalue weighted by Gasteiger charge is -2.20. The van der Waals surface area contributed by atoms with Crippen LogP contribution in [0.15, 0.2) is 54.6 Å². The number of hydrogen-bond donors (Lipinski definition) is 0. The summed E-state index contributed by atoms with van der Waals surface area (Å²) < 4.78 is 0.126. The number of benzene rings is 2. The maximum atomic E-state index is 3.26. The van der Waals surface area contributed by atoms with Crippen LogP contribution in [0.2, 0.25) is 0 Å². The summed E-state index contributed by atoms with van der Waals surface area (Å²) in [5, 5.41) is 0. The lowest BCUT2D eigenvalue weighted by Crippen LogP contribution is -2.09. The van der Waals surface area contributed by atoms with Crippen LogP contribution in [0.4, 0.5) is 11.4 Å². The first-order chi connectivity index (χ1) is 12.7. The molecule has 3 heteroatoms. The Labute approximate surface area is 169 Å². The minimum absolute atomic E-state index is 0.126. The van der Waals surface area contributed by atoms with Gasteiger partial charge in [0.05, 0.1) is 0 Å². The predicted octanol–water partition coefficient (Wildman–Crippen LogP) is 5.74.